The largest absolute Gasteiger partial charge is 0.436 e. The van der Waals surface area contributed by atoms with Gasteiger partial charge in [-0.2, -0.15) is 0 Å². The highest BCUT2D eigenvalue weighted by molar-refractivity contribution is 6.19. The topological polar surface area (TPSA) is 95.7 Å². The van der Waals surface area contributed by atoms with E-state index in [1.54, 1.807) is 0 Å². The number of nitrogens with zero attached hydrogens (tertiary/aromatic N) is 6. The Morgan fingerprint density at radius 1 is 0.313 bits per heavy atom. The molecule has 0 radical (unpaired) electrons. The van der Waals surface area contributed by atoms with Gasteiger partial charge >= 0.3 is 0 Å². The molecule has 0 saturated carbocycles. The Kier molecular flexibility index (Phi) is 8.11. The van der Waals surface area contributed by atoms with Crippen molar-refractivity contribution >= 4 is 76.3 Å². The van der Waals surface area contributed by atoms with E-state index in [1.165, 1.54) is 16.3 Å². The van der Waals surface area contributed by atoms with Gasteiger partial charge in [-0.3, -0.25) is 0 Å². The van der Waals surface area contributed by atoms with E-state index in [9.17, 15) is 0 Å². The van der Waals surface area contributed by atoms with Crippen LogP contribution in [0.25, 0.3) is 139 Å². The van der Waals surface area contributed by atoms with Crippen molar-refractivity contribution in [1.82, 2.24) is 29.5 Å². The molecule has 0 aliphatic carbocycles. The van der Waals surface area contributed by atoms with Crippen molar-refractivity contribution in [2.24, 2.45) is 0 Å². The number of hydrogen-bond acceptors (Lipinski definition) is 7. The van der Waals surface area contributed by atoms with E-state index in [-0.39, 0.29) is 0 Å². The highest BCUT2D eigenvalue weighted by Crippen LogP contribution is 2.39. The molecule has 0 N–H and O–H groups in total. The molecule has 0 atom stereocenters. The molecule has 67 heavy (non-hydrogen) atoms. The van der Waals surface area contributed by atoms with Gasteiger partial charge in [0, 0.05) is 49.7 Å². The molecule has 0 saturated heterocycles. The Hall–Kier alpha value is -9.27. The lowest BCUT2D eigenvalue weighted by atomic mass is 10.0. The number of rotatable bonds is 6. The van der Waals surface area contributed by atoms with Gasteiger partial charge in [-0.25, -0.2) is 24.9 Å². The average molecular weight is 859 g/mol. The van der Waals surface area contributed by atoms with Crippen molar-refractivity contribution in [3.63, 3.8) is 0 Å². The molecular weight excluding hydrogens is 825 g/mol. The molecule has 8 nitrogen and oxygen atoms in total. The van der Waals surface area contributed by atoms with Crippen LogP contribution in [0.4, 0.5) is 0 Å². The standard InChI is InChI=1S/C59H34N6O2/c1-2-11-45(12-3-1)65-51-29-27-42(34-48(51)47-28-26-35-10-4-5-13-46(35)54(47)65)57-63-55(40-22-18-38-32-43(24-20-36(38)30-40)58-60-49-14-6-8-16-52(49)66-58)62-56(64-57)41-23-19-39-33-44(25-21-37(39)31-41)59-61-50-15-7-9-17-53(50)67-59/h1-34H. The fourth-order valence-corrected chi connectivity index (χ4v) is 9.56. The highest BCUT2D eigenvalue weighted by atomic mass is 16.4. The van der Waals surface area contributed by atoms with E-state index in [2.05, 4.69) is 162 Å². The summed E-state index contributed by atoms with van der Waals surface area (Å²) in [5, 5.41) is 8.86. The van der Waals surface area contributed by atoms with Gasteiger partial charge in [0.05, 0.1) is 11.0 Å². The molecule has 4 aromatic heterocycles. The minimum Gasteiger partial charge on any atom is -0.436 e. The zero-order chi connectivity index (χ0) is 44.0. The van der Waals surface area contributed by atoms with E-state index in [0.29, 0.717) is 29.3 Å². The second-order valence-corrected chi connectivity index (χ2v) is 16.9. The first-order valence-electron chi connectivity index (χ1n) is 22.2. The summed E-state index contributed by atoms with van der Waals surface area (Å²) in [5.41, 5.74) is 11.0. The fraction of sp³-hybridized carbons (Fsp3) is 0. The van der Waals surface area contributed by atoms with Crippen LogP contribution in [0.2, 0.25) is 0 Å². The molecule has 0 unspecified atom stereocenters. The van der Waals surface area contributed by atoms with Crippen LogP contribution in [0.15, 0.2) is 215 Å². The summed E-state index contributed by atoms with van der Waals surface area (Å²) in [6, 6.07) is 71.0. The van der Waals surface area contributed by atoms with Crippen molar-refractivity contribution in [1.29, 1.82) is 0 Å². The Morgan fingerprint density at radius 3 is 1.36 bits per heavy atom. The normalized spacial score (nSPS) is 11.9. The van der Waals surface area contributed by atoms with Crippen LogP contribution in [0.5, 0.6) is 0 Å². The lowest BCUT2D eigenvalue weighted by Crippen LogP contribution is -2.00. The molecule has 14 aromatic rings. The molecule has 14 rings (SSSR count). The summed E-state index contributed by atoms with van der Waals surface area (Å²) in [7, 11) is 0. The van der Waals surface area contributed by atoms with E-state index in [4.69, 9.17) is 33.8 Å². The zero-order valence-electron chi connectivity index (χ0n) is 35.6. The third-order valence-corrected chi connectivity index (χ3v) is 12.8. The SMILES string of the molecule is c1ccc(-n2c3ccc(-c4nc(-c5ccc6cc(-c7nc8ccccc8o7)ccc6c5)nc(-c5ccc6cc(-c7nc8ccccc8o7)ccc6c5)n4)cc3c3ccc4ccccc4c32)cc1. The van der Waals surface area contributed by atoms with Gasteiger partial charge in [0.15, 0.2) is 28.6 Å². The van der Waals surface area contributed by atoms with Gasteiger partial charge in [-0.1, -0.05) is 115 Å². The number of oxazole rings is 2. The number of aromatic nitrogens is 6. The van der Waals surface area contributed by atoms with E-state index < -0.39 is 0 Å². The second kappa shape index (κ2) is 14.6. The number of fused-ring (bicyclic) bond motifs is 9. The Morgan fingerprint density at radius 2 is 0.776 bits per heavy atom. The van der Waals surface area contributed by atoms with Crippen molar-refractivity contribution in [2.45, 2.75) is 0 Å². The van der Waals surface area contributed by atoms with E-state index in [1.807, 2.05) is 48.5 Å². The molecule has 0 spiro atoms. The predicted octanol–water partition coefficient (Wildman–Crippen LogP) is 15.0. The molecule has 0 amide bonds. The molecule has 312 valence electrons. The lowest BCUT2D eigenvalue weighted by Gasteiger charge is -2.11. The molecular formula is C59H34N6O2. The maximum absolute atomic E-state index is 6.12. The van der Waals surface area contributed by atoms with Gasteiger partial charge in [0.2, 0.25) is 11.8 Å². The lowest BCUT2D eigenvalue weighted by molar-refractivity contribution is 0.619. The fourth-order valence-electron chi connectivity index (χ4n) is 9.56. The summed E-state index contributed by atoms with van der Waals surface area (Å²) >= 11 is 0. The zero-order valence-corrected chi connectivity index (χ0v) is 35.6. The smallest absolute Gasteiger partial charge is 0.227 e. The first kappa shape index (κ1) is 37.1. The van der Waals surface area contributed by atoms with Crippen molar-refractivity contribution in [3.8, 4) is 62.8 Å². The predicted molar refractivity (Wildman–Crippen MR) is 269 cm³/mol. The molecule has 0 aliphatic heterocycles. The average Bonchev–Trinajstić information content (AvgIpc) is 4.13. The van der Waals surface area contributed by atoms with Gasteiger partial charge in [0.25, 0.3) is 0 Å². The van der Waals surface area contributed by atoms with Crippen LogP contribution in [-0.2, 0) is 0 Å². The van der Waals surface area contributed by atoms with E-state index >= 15 is 0 Å². The molecule has 0 aliphatic rings. The highest BCUT2D eigenvalue weighted by Gasteiger charge is 2.19. The van der Waals surface area contributed by atoms with Crippen molar-refractivity contribution < 1.29 is 8.83 Å². The summed E-state index contributed by atoms with van der Waals surface area (Å²) < 4.78 is 14.6. The van der Waals surface area contributed by atoms with Gasteiger partial charge in [-0.15, -0.1) is 0 Å². The summed E-state index contributed by atoms with van der Waals surface area (Å²) in [6.07, 6.45) is 0. The van der Waals surface area contributed by atoms with Crippen LogP contribution >= 0.6 is 0 Å². The Balaban J connectivity index is 0.921. The quantitative estimate of drug-likeness (QED) is 0.164. The van der Waals surface area contributed by atoms with Crippen LogP contribution in [0.1, 0.15) is 0 Å². The first-order chi connectivity index (χ1) is 33.1. The van der Waals surface area contributed by atoms with Crippen LogP contribution in [0.3, 0.4) is 0 Å². The minimum atomic E-state index is 0.578. The third-order valence-electron chi connectivity index (χ3n) is 12.8. The molecule has 10 aromatic carbocycles. The monoisotopic (exact) mass is 858 g/mol. The molecule has 4 heterocycles. The molecule has 0 fully saturated rings. The van der Waals surface area contributed by atoms with Gasteiger partial charge in [0.1, 0.15) is 11.0 Å². The number of para-hydroxylation sites is 5. The van der Waals surface area contributed by atoms with Crippen LogP contribution < -0.4 is 0 Å². The van der Waals surface area contributed by atoms with Crippen LogP contribution in [0, 0.1) is 0 Å². The van der Waals surface area contributed by atoms with Crippen molar-refractivity contribution in [3.05, 3.63) is 206 Å². The van der Waals surface area contributed by atoms with Gasteiger partial charge in [-0.05, 0) is 118 Å². The minimum absolute atomic E-state index is 0.578. The maximum Gasteiger partial charge on any atom is 0.227 e. The van der Waals surface area contributed by atoms with Crippen molar-refractivity contribution in [2.75, 3.05) is 0 Å². The Bertz CT molecular complexity index is 4060. The first-order valence-corrected chi connectivity index (χ1v) is 22.2. The third kappa shape index (κ3) is 6.19. The van der Waals surface area contributed by atoms with Crippen LogP contribution in [-0.4, -0.2) is 29.5 Å². The summed E-state index contributed by atoms with van der Waals surface area (Å²) in [5.74, 6) is 2.92. The molecule has 0 bridgehead atoms. The maximum atomic E-state index is 6.12. The Labute approximate surface area is 382 Å². The van der Waals surface area contributed by atoms with E-state index in [0.717, 1.165) is 93.5 Å². The summed E-state index contributed by atoms with van der Waals surface area (Å²) in [4.78, 5) is 25.2. The van der Waals surface area contributed by atoms with Gasteiger partial charge < -0.3 is 13.4 Å². The molecule has 8 heteroatoms. The second-order valence-electron chi connectivity index (χ2n) is 16.9. The summed E-state index contributed by atoms with van der Waals surface area (Å²) in [6.45, 7) is 0. The number of benzene rings is 10. The number of hydrogen-bond donors (Lipinski definition) is 0.